The zero-order valence-corrected chi connectivity index (χ0v) is 7.51. The van der Waals surface area contributed by atoms with E-state index in [1.807, 2.05) is 6.07 Å². The van der Waals surface area contributed by atoms with Crippen LogP contribution in [0.4, 0.5) is 11.4 Å². The number of nitrogens with two attached hydrogens (primary N) is 2. The van der Waals surface area contributed by atoms with Crippen LogP contribution in [0.5, 0.6) is 5.75 Å². The first-order valence-electron chi connectivity index (χ1n) is 4.59. The van der Waals surface area contributed by atoms with Crippen molar-refractivity contribution in [3.05, 3.63) is 17.2 Å². The second-order valence-corrected chi connectivity index (χ2v) is 3.57. The molecule has 5 N–H and O–H groups in total. The van der Waals surface area contributed by atoms with Crippen molar-refractivity contribution in [1.82, 2.24) is 0 Å². The Hall–Kier alpha value is -1.38. The third kappa shape index (κ3) is 1.20. The minimum Gasteiger partial charge on any atom is -0.504 e. The summed E-state index contributed by atoms with van der Waals surface area (Å²) in [6, 6.07) is 1.85. The number of aryl methyl sites for hydroxylation is 1. The molecule has 3 heteroatoms. The molecule has 70 valence electrons. The van der Waals surface area contributed by atoms with Crippen molar-refractivity contribution in [2.24, 2.45) is 0 Å². The number of aromatic hydroxyl groups is 1. The normalized spacial score (nSPS) is 15.4. The summed E-state index contributed by atoms with van der Waals surface area (Å²) in [5.74, 6) is 0.0562. The summed E-state index contributed by atoms with van der Waals surface area (Å²) < 4.78 is 0. The van der Waals surface area contributed by atoms with Crippen LogP contribution in [0.25, 0.3) is 0 Å². The Morgan fingerprint density at radius 1 is 1.15 bits per heavy atom. The van der Waals surface area contributed by atoms with E-state index < -0.39 is 0 Å². The highest BCUT2D eigenvalue weighted by molar-refractivity contribution is 5.72. The highest BCUT2D eigenvalue weighted by Crippen LogP contribution is 2.36. The van der Waals surface area contributed by atoms with E-state index >= 15 is 0 Å². The number of fused-ring (bicyclic) bond motifs is 1. The highest BCUT2D eigenvalue weighted by atomic mass is 16.3. The molecule has 1 aliphatic rings. The Labute approximate surface area is 77.4 Å². The average molecular weight is 178 g/mol. The predicted molar refractivity (Wildman–Crippen MR) is 53.6 cm³/mol. The Morgan fingerprint density at radius 3 is 2.62 bits per heavy atom. The summed E-state index contributed by atoms with van der Waals surface area (Å²) in [7, 11) is 0. The maximum absolute atomic E-state index is 9.51. The fourth-order valence-electron chi connectivity index (χ4n) is 1.95. The molecule has 0 saturated carbocycles. The first kappa shape index (κ1) is 8.23. The molecule has 0 fully saturated rings. The van der Waals surface area contributed by atoms with E-state index in [0.29, 0.717) is 11.4 Å². The minimum atomic E-state index is 0.0562. The van der Waals surface area contributed by atoms with Gasteiger partial charge in [0.1, 0.15) is 0 Å². The van der Waals surface area contributed by atoms with Crippen LogP contribution < -0.4 is 11.5 Å². The van der Waals surface area contributed by atoms with E-state index in [4.69, 9.17) is 11.5 Å². The second kappa shape index (κ2) is 2.83. The molecule has 1 aromatic carbocycles. The van der Waals surface area contributed by atoms with Gasteiger partial charge in [-0.1, -0.05) is 0 Å². The monoisotopic (exact) mass is 178 g/mol. The van der Waals surface area contributed by atoms with Crippen molar-refractivity contribution in [2.45, 2.75) is 25.7 Å². The number of rotatable bonds is 0. The lowest BCUT2D eigenvalue weighted by Gasteiger charge is -2.19. The van der Waals surface area contributed by atoms with Gasteiger partial charge in [-0.15, -0.1) is 0 Å². The first-order valence-corrected chi connectivity index (χ1v) is 4.59. The van der Waals surface area contributed by atoms with Gasteiger partial charge in [0.15, 0.2) is 5.75 Å². The summed E-state index contributed by atoms with van der Waals surface area (Å²) in [6.45, 7) is 0. The molecule has 1 aliphatic carbocycles. The number of hydrogen-bond donors (Lipinski definition) is 3. The van der Waals surface area contributed by atoms with E-state index in [1.54, 1.807) is 0 Å². The number of nitrogen functional groups attached to an aromatic ring is 2. The average Bonchev–Trinajstić information content (AvgIpc) is 2.15. The van der Waals surface area contributed by atoms with Gasteiger partial charge in [-0.25, -0.2) is 0 Å². The Morgan fingerprint density at radius 2 is 1.85 bits per heavy atom. The summed E-state index contributed by atoms with van der Waals surface area (Å²) >= 11 is 0. The molecule has 0 aliphatic heterocycles. The van der Waals surface area contributed by atoms with Crippen molar-refractivity contribution < 1.29 is 5.11 Å². The van der Waals surface area contributed by atoms with Gasteiger partial charge in [0.05, 0.1) is 11.4 Å². The third-order valence-electron chi connectivity index (χ3n) is 2.69. The van der Waals surface area contributed by atoms with Gasteiger partial charge < -0.3 is 16.6 Å². The zero-order valence-electron chi connectivity index (χ0n) is 7.51. The lowest BCUT2D eigenvalue weighted by atomic mass is 9.89. The fraction of sp³-hybridized carbons (Fsp3) is 0.400. The molecule has 0 radical (unpaired) electrons. The maximum atomic E-state index is 9.51. The minimum absolute atomic E-state index is 0.0562. The molecule has 0 amide bonds. The maximum Gasteiger partial charge on any atom is 0.161 e. The number of hydrogen-bond acceptors (Lipinski definition) is 3. The summed E-state index contributed by atoms with van der Waals surface area (Å²) in [5.41, 5.74) is 14.6. The van der Waals surface area contributed by atoms with E-state index in [1.165, 1.54) is 12.0 Å². The second-order valence-electron chi connectivity index (χ2n) is 3.57. The van der Waals surface area contributed by atoms with Gasteiger partial charge in [-0.3, -0.25) is 0 Å². The van der Waals surface area contributed by atoms with E-state index in [9.17, 15) is 5.11 Å². The van der Waals surface area contributed by atoms with Crippen LogP contribution in [0.15, 0.2) is 6.07 Å². The van der Waals surface area contributed by atoms with Crippen LogP contribution in [-0.4, -0.2) is 5.11 Å². The van der Waals surface area contributed by atoms with Gasteiger partial charge in [0, 0.05) is 0 Å². The van der Waals surface area contributed by atoms with Crippen LogP contribution in [0.3, 0.4) is 0 Å². The third-order valence-corrected chi connectivity index (χ3v) is 2.69. The summed E-state index contributed by atoms with van der Waals surface area (Å²) in [4.78, 5) is 0. The smallest absolute Gasteiger partial charge is 0.161 e. The molecule has 0 bridgehead atoms. The predicted octanol–water partition coefficient (Wildman–Crippen LogP) is 1.44. The van der Waals surface area contributed by atoms with Crippen LogP contribution in [0, 0.1) is 0 Å². The van der Waals surface area contributed by atoms with Gasteiger partial charge in [-0.05, 0) is 42.9 Å². The molecular weight excluding hydrogens is 164 g/mol. The zero-order chi connectivity index (χ0) is 9.42. The topological polar surface area (TPSA) is 72.3 Å². The van der Waals surface area contributed by atoms with Crippen LogP contribution in [0.1, 0.15) is 24.0 Å². The molecule has 1 aromatic rings. The van der Waals surface area contributed by atoms with E-state index in [-0.39, 0.29) is 5.75 Å². The van der Waals surface area contributed by atoms with Crippen molar-refractivity contribution in [3.63, 3.8) is 0 Å². The van der Waals surface area contributed by atoms with Gasteiger partial charge in [-0.2, -0.15) is 0 Å². The van der Waals surface area contributed by atoms with Gasteiger partial charge in [0.25, 0.3) is 0 Å². The molecule has 0 heterocycles. The molecule has 0 aromatic heterocycles. The Kier molecular flexibility index (Phi) is 1.79. The Bertz CT molecular complexity index is 347. The number of phenols is 1. The number of phenolic OH excluding ortho intramolecular Hbond substituents is 1. The van der Waals surface area contributed by atoms with Crippen LogP contribution >= 0.6 is 0 Å². The molecular formula is C10H14N2O. The molecule has 0 unspecified atom stereocenters. The summed E-state index contributed by atoms with van der Waals surface area (Å²) in [5, 5.41) is 9.51. The SMILES string of the molecule is Nc1cc2c(c(N)c1O)CCCC2. The van der Waals surface area contributed by atoms with Crippen molar-refractivity contribution in [1.29, 1.82) is 0 Å². The van der Waals surface area contributed by atoms with Crippen LogP contribution in [-0.2, 0) is 12.8 Å². The van der Waals surface area contributed by atoms with Crippen molar-refractivity contribution >= 4 is 11.4 Å². The lowest BCUT2D eigenvalue weighted by molar-refractivity contribution is 0.479. The van der Waals surface area contributed by atoms with Crippen molar-refractivity contribution in [2.75, 3.05) is 11.5 Å². The summed E-state index contributed by atoms with van der Waals surface area (Å²) in [6.07, 6.45) is 4.34. The molecule has 2 rings (SSSR count). The molecule has 0 spiro atoms. The number of benzene rings is 1. The first-order chi connectivity index (χ1) is 6.20. The highest BCUT2D eigenvalue weighted by Gasteiger charge is 2.16. The standard InChI is InChI=1S/C10H14N2O/c11-8-5-6-3-1-2-4-7(6)9(12)10(8)13/h5,13H,1-4,11-12H2. The van der Waals surface area contributed by atoms with Gasteiger partial charge >= 0.3 is 0 Å². The molecule has 0 atom stereocenters. The Balaban J connectivity index is 2.60. The van der Waals surface area contributed by atoms with E-state index in [2.05, 4.69) is 0 Å². The van der Waals surface area contributed by atoms with Gasteiger partial charge in [0.2, 0.25) is 0 Å². The molecule has 0 saturated heterocycles. The quantitative estimate of drug-likeness (QED) is 0.415. The number of anilines is 2. The lowest BCUT2D eigenvalue weighted by Crippen LogP contribution is -2.07. The molecule has 3 nitrogen and oxygen atoms in total. The van der Waals surface area contributed by atoms with E-state index in [0.717, 1.165) is 24.8 Å². The van der Waals surface area contributed by atoms with Crippen molar-refractivity contribution in [3.8, 4) is 5.75 Å². The van der Waals surface area contributed by atoms with Crippen LogP contribution in [0.2, 0.25) is 0 Å². The fourth-order valence-corrected chi connectivity index (χ4v) is 1.95. The largest absolute Gasteiger partial charge is 0.504 e. The molecule has 13 heavy (non-hydrogen) atoms.